The molecule has 0 aliphatic rings. The number of hydrogen-bond donors (Lipinski definition) is 1. The third kappa shape index (κ3) is 7.36. The summed E-state index contributed by atoms with van der Waals surface area (Å²) in [5.41, 5.74) is -0.943. The number of amides is 1. The Kier molecular flexibility index (Phi) is 7.57. The lowest BCUT2D eigenvalue weighted by Crippen LogP contribution is -2.34. The van der Waals surface area contributed by atoms with Crippen molar-refractivity contribution < 1.29 is 32.6 Å². The van der Waals surface area contributed by atoms with Crippen molar-refractivity contribution in [2.45, 2.75) is 26.4 Å². The maximum Gasteiger partial charge on any atom is 0.407 e. The van der Waals surface area contributed by atoms with Crippen LogP contribution in [0.25, 0.3) is 0 Å². The number of nitrogens with one attached hydrogen (secondary N) is 1. The van der Waals surface area contributed by atoms with Gasteiger partial charge in [0.15, 0.2) is 17.9 Å². The largest absolute Gasteiger partial charge is 0.488 e. The van der Waals surface area contributed by atoms with Crippen molar-refractivity contribution in [1.82, 2.24) is 5.32 Å². The summed E-state index contributed by atoms with van der Waals surface area (Å²) in [4.78, 5) is 21.8. The molecular formula is C16H21F2NO5. The van der Waals surface area contributed by atoms with E-state index in [1.807, 2.05) is 0 Å². The van der Waals surface area contributed by atoms with Crippen LogP contribution in [-0.4, -0.2) is 44.3 Å². The lowest BCUT2D eigenvalue weighted by atomic mass is 10.2. The first-order chi connectivity index (χ1) is 11.2. The van der Waals surface area contributed by atoms with Crippen molar-refractivity contribution in [3.63, 3.8) is 0 Å². The highest BCUT2D eigenvalue weighted by Crippen LogP contribution is 2.20. The topological polar surface area (TPSA) is 73.9 Å². The minimum Gasteiger partial charge on any atom is -0.488 e. The molecular weight excluding hydrogens is 324 g/mol. The van der Waals surface area contributed by atoms with E-state index in [2.05, 4.69) is 5.32 Å². The minimum absolute atomic E-state index is 0.0107. The van der Waals surface area contributed by atoms with E-state index in [1.165, 1.54) is 0 Å². The van der Waals surface area contributed by atoms with Gasteiger partial charge in [-0.05, 0) is 26.8 Å². The summed E-state index contributed by atoms with van der Waals surface area (Å²) in [7, 11) is 0. The smallest absolute Gasteiger partial charge is 0.407 e. The predicted octanol–water partition coefficient (Wildman–Crippen LogP) is 2.70. The van der Waals surface area contributed by atoms with E-state index in [0.717, 1.165) is 12.1 Å². The zero-order valence-electron chi connectivity index (χ0n) is 13.9. The third-order valence-electron chi connectivity index (χ3n) is 2.58. The molecule has 0 saturated carbocycles. The number of carbonyl (C=O) groups is 2. The summed E-state index contributed by atoms with van der Waals surface area (Å²) in [6.45, 7) is 5.82. The van der Waals surface area contributed by atoms with E-state index in [1.54, 1.807) is 20.8 Å². The average molecular weight is 345 g/mol. The van der Waals surface area contributed by atoms with Crippen LogP contribution in [0.2, 0.25) is 0 Å². The molecule has 0 unspecified atom stereocenters. The second-order valence-electron chi connectivity index (χ2n) is 5.81. The molecule has 134 valence electrons. The van der Waals surface area contributed by atoms with Crippen molar-refractivity contribution in [2.24, 2.45) is 0 Å². The Bertz CT molecular complexity index is 572. The normalized spacial score (nSPS) is 11.0. The SMILES string of the molecule is CC(C)(C)OC(=O)NCCOCCOc1cc(F)c(C=O)cc1F. The van der Waals surface area contributed by atoms with Gasteiger partial charge < -0.3 is 19.5 Å². The number of halogens is 2. The molecule has 0 aromatic heterocycles. The highest BCUT2D eigenvalue weighted by atomic mass is 19.1. The van der Waals surface area contributed by atoms with E-state index >= 15 is 0 Å². The molecule has 0 spiro atoms. The summed E-state index contributed by atoms with van der Waals surface area (Å²) in [5, 5.41) is 2.51. The minimum atomic E-state index is -0.858. The average Bonchev–Trinajstić information content (AvgIpc) is 2.47. The lowest BCUT2D eigenvalue weighted by molar-refractivity contribution is 0.0488. The second-order valence-corrected chi connectivity index (χ2v) is 5.81. The van der Waals surface area contributed by atoms with Gasteiger partial charge in [-0.15, -0.1) is 0 Å². The molecule has 0 atom stereocenters. The van der Waals surface area contributed by atoms with E-state index in [4.69, 9.17) is 14.2 Å². The van der Waals surface area contributed by atoms with E-state index in [0.29, 0.717) is 0 Å². The van der Waals surface area contributed by atoms with Gasteiger partial charge in [0.2, 0.25) is 0 Å². The Labute approximate surface area is 139 Å². The van der Waals surface area contributed by atoms with Gasteiger partial charge in [0, 0.05) is 12.6 Å². The second kappa shape index (κ2) is 9.17. The van der Waals surface area contributed by atoms with Gasteiger partial charge >= 0.3 is 6.09 Å². The molecule has 1 aromatic rings. The first kappa shape index (κ1) is 19.8. The van der Waals surface area contributed by atoms with Gasteiger partial charge in [0.1, 0.15) is 18.0 Å². The summed E-state index contributed by atoms with van der Waals surface area (Å²) in [5.74, 6) is -1.98. The maximum atomic E-state index is 13.5. The molecule has 24 heavy (non-hydrogen) atoms. The first-order valence-electron chi connectivity index (χ1n) is 7.34. The number of alkyl carbamates (subject to hydrolysis) is 1. The molecule has 0 bridgehead atoms. The highest BCUT2D eigenvalue weighted by molar-refractivity contribution is 5.75. The Hall–Kier alpha value is -2.22. The first-order valence-corrected chi connectivity index (χ1v) is 7.34. The summed E-state index contributed by atoms with van der Waals surface area (Å²) >= 11 is 0. The standard InChI is InChI=1S/C16H21F2NO5/c1-16(2,3)24-15(21)19-4-5-22-6-7-23-14-9-12(17)11(10-20)8-13(14)18/h8-10H,4-7H2,1-3H3,(H,19,21). The van der Waals surface area contributed by atoms with Crippen molar-refractivity contribution in [2.75, 3.05) is 26.4 Å². The number of hydrogen-bond acceptors (Lipinski definition) is 5. The fourth-order valence-electron chi connectivity index (χ4n) is 1.60. The van der Waals surface area contributed by atoms with Crippen LogP contribution in [-0.2, 0) is 9.47 Å². The van der Waals surface area contributed by atoms with Crippen LogP contribution in [0.1, 0.15) is 31.1 Å². The van der Waals surface area contributed by atoms with Crippen LogP contribution in [0, 0.1) is 11.6 Å². The Morgan fingerprint density at radius 3 is 2.50 bits per heavy atom. The van der Waals surface area contributed by atoms with Gasteiger partial charge in [-0.3, -0.25) is 4.79 Å². The van der Waals surface area contributed by atoms with Crippen molar-refractivity contribution in [3.8, 4) is 5.75 Å². The Balaban J connectivity index is 2.20. The number of aldehydes is 1. The molecule has 0 fully saturated rings. The van der Waals surface area contributed by atoms with Crippen LogP contribution >= 0.6 is 0 Å². The molecule has 0 radical (unpaired) electrons. The van der Waals surface area contributed by atoms with Crippen LogP contribution in [0.15, 0.2) is 12.1 Å². The fraction of sp³-hybridized carbons (Fsp3) is 0.500. The monoisotopic (exact) mass is 345 g/mol. The molecule has 6 nitrogen and oxygen atoms in total. The predicted molar refractivity (Wildman–Crippen MR) is 82.3 cm³/mol. The number of ether oxygens (including phenoxy) is 3. The van der Waals surface area contributed by atoms with Gasteiger partial charge in [-0.2, -0.15) is 0 Å². The third-order valence-corrected chi connectivity index (χ3v) is 2.58. The summed E-state index contributed by atoms with van der Waals surface area (Å²) in [6.07, 6.45) is -0.321. The van der Waals surface area contributed by atoms with Crippen molar-refractivity contribution in [1.29, 1.82) is 0 Å². The molecule has 0 aliphatic heterocycles. The zero-order chi connectivity index (χ0) is 18.2. The summed E-state index contributed by atoms with van der Waals surface area (Å²) < 4.78 is 42.1. The van der Waals surface area contributed by atoms with Crippen molar-refractivity contribution in [3.05, 3.63) is 29.3 Å². The molecule has 0 aliphatic carbocycles. The molecule has 1 amide bonds. The Morgan fingerprint density at radius 2 is 1.88 bits per heavy atom. The van der Waals surface area contributed by atoms with Gasteiger partial charge in [-0.1, -0.05) is 0 Å². The number of carbonyl (C=O) groups excluding carboxylic acids is 2. The number of rotatable bonds is 8. The van der Waals surface area contributed by atoms with Crippen LogP contribution < -0.4 is 10.1 Å². The summed E-state index contributed by atoms with van der Waals surface area (Å²) in [6, 6.07) is 1.58. The van der Waals surface area contributed by atoms with Gasteiger partial charge in [0.05, 0.1) is 18.8 Å². The van der Waals surface area contributed by atoms with E-state index < -0.39 is 23.3 Å². The highest BCUT2D eigenvalue weighted by Gasteiger charge is 2.15. The van der Waals surface area contributed by atoms with Crippen LogP contribution in [0.4, 0.5) is 13.6 Å². The maximum absolute atomic E-state index is 13.5. The van der Waals surface area contributed by atoms with E-state index in [-0.39, 0.29) is 44.0 Å². The van der Waals surface area contributed by atoms with Gasteiger partial charge in [0.25, 0.3) is 0 Å². The zero-order valence-corrected chi connectivity index (χ0v) is 13.9. The number of benzene rings is 1. The van der Waals surface area contributed by atoms with Gasteiger partial charge in [-0.25, -0.2) is 13.6 Å². The van der Waals surface area contributed by atoms with Crippen molar-refractivity contribution >= 4 is 12.4 Å². The van der Waals surface area contributed by atoms with E-state index in [9.17, 15) is 18.4 Å². The molecule has 0 heterocycles. The fourth-order valence-corrected chi connectivity index (χ4v) is 1.60. The molecule has 0 saturated heterocycles. The Morgan fingerprint density at radius 1 is 1.17 bits per heavy atom. The van der Waals surface area contributed by atoms with Crippen LogP contribution in [0.3, 0.4) is 0 Å². The molecule has 8 heteroatoms. The molecule has 1 N–H and O–H groups in total. The quantitative estimate of drug-likeness (QED) is 0.579. The molecule has 1 rings (SSSR count). The molecule has 1 aromatic carbocycles. The van der Waals surface area contributed by atoms with Crippen LogP contribution in [0.5, 0.6) is 5.75 Å². The lowest BCUT2D eigenvalue weighted by Gasteiger charge is -2.19.